The minimum atomic E-state index is -0.136. The van der Waals surface area contributed by atoms with E-state index >= 15 is 0 Å². The summed E-state index contributed by atoms with van der Waals surface area (Å²) in [4.78, 5) is 14.9. The number of benzene rings is 2. The normalized spacial score (nSPS) is 10.7. The first-order valence-corrected chi connectivity index (χ1v) is 8.92. The van der Waals surface area contributed by atoms with Gasteiger partial charge in [0.25, 0.3) is 5.91 Å². The highest BCUT2D eigenvalue weighted by Crippen LogP contribution is 2.27. The topological polar surface area (TPSA) is 50.8 Å². The van der Waals surface area contributed by atoms with Crippen LogP contribution in [-0.4, -0.2) is 38.1 Å². The third kappa shape index (κ3) is 4.99. The van der Waals surface area contributed by atoms with Crippen molar-refractivity contribution in [3.63, 3.8) is 0 Å². The van der Waals surface area contributed by atoms with Crippen molar-refractivity contribution < 1.29 is 14.3 Å². The first-order chi connectivity index (χ1) is 12.6. The van der Waals surface area contributed by atoms with E-state index in [2.05, 4.69) is 36.2 Å². The Hall–Kier alpha value is -2.53. The molecule has 0 aliphatic rings. The average Bonchev–Trinajstić information content (AvgIpc) is 2.70. The van der Waals surface area contributed by atoms with Crippen LogP contribution < -0.4 is 14.8 Å². The Morgan fingerprint density at radius 2 is 1.62 bits per heavy atom. The number of amides is 1. The van der Waals surface area contributed by atoms with Gasteiger partial charge in [0, 0.05) is 18.7 Å². The molecule has 0 spiro atoms. The highest BCUT2D eigenvalue weighted by Gasteiger charge is 2.12. The molecule has 0 saturated carbocycles. The number of carbonyl (C=O) groups excluding carboxylic acids is 1. The lowest BCUT2D eigenvalue weighted by Gasteiger charge is -2.20. The van der Waals surface area contributed by atoms with E-state index in [-0.39, 0.29) is 5.91 Å². The van der Waals surface area contributed by atoms with E-state index in [9.17, 15) is 4.79 Å². The van der Waals surface area contributed by atoms with Gasteiger partial charge in [-0.3, -0.25) is 9.69 Å². The summed E-state index contributed by atoms with van der Waals surface area (Å²) in [7, 11) is 3.13. The number of methoxy groups -OCH3 is 2. The van der Waals surface area contributed by atoms with Gasteiger partial charge in [-0.1, -0.05) is 38.1 Å². The maximum absolute atomic E-state index is 12.5. The molecular formula is C21H28N2O3. The van der Waals surface area contributed by atoms with Crippen LogP contribution in [0.2, 0.25) is 0 Å². The Morgan fingerprint density at radius 1 is 0.962 bits per heavy atom. The lowest BCUT2D eigenvalue weighted by molar-refractivity contribution is 0.0950. The van der Waals surface area contributed by atoms with Gasteiger partial charge in [-0.05, 0) is 42.4 Å². The van der Waals surface area contributed by atoms with Gasteiger partial charge >= 0.3 is 0 Å². The molecule has 0 atom stereocenters. The number of rotatable bonds is 9. The third-order valence-corrected chi connectivity index (χ3v) is 4.49. The molecule has 5 nitrogen and oxygen atoms in total. The van der Waals surface area contributed by atoms with Gasteiger partial charge in [0.15, 0.2) is 11.5 Å². The van der Waals surface area contributed by atoms with Crippen molar-refractivity contribution >= 4 is 5.91 Å². The quantitative estimate of drug-likeness (QED) is 0.747. The van der Waals surface area contributed by atoms with Crippen LogP contribution in [-0.2, 0) is 13.1 Å². The molecule has 140 valence electrons. The van der Waals surface area contributed by atoms with E-state index in [0.29, 0.717) is 23.6 Å². The maximum Gasteiger partial charge on any atom is 0.251 e. The standard InChI is InChI=1S/C21H28N2O3/c1-5-23(6-2)15-18-10-8-7-9-17(18)14-22-21(24)16-11-12-19(25-3)20(13-16)26-4/h7-13H,5-6,14-15H2,1-4H3,(H,22,24). The Morgan fingerprint density at radius 3 is 2.23 bits per heavy atom. The maximum atomic E-state index is 12.5. The Labute approximate surface area is 155 Å². The molecule has 0 fully saturated rings. The van der Waals surface area contributed by atoms with Crippen LogP contribution >= 0.6 is 0 Å². The number of nitrogens with zero attached hydrogens (tertiary/aromatic N) is 1. The van der Waals surface area contributed by atoms with Crippen molar-refractivity contribution in [2.75, 3.05) is 27.3 Å². The molecule has 2 aromatic rings. The van der Waals surface area contributed by atoms with Crippen molar-refractivity contribution in [2.45, 2.75) is 26.9 Å². The SMILES string of the molecule is CCN(CC)Cc1ccccc1CNC(=O)c1ccc(OC)c(OC)c1. The van der Waals surface area contributed by atoms with E-state index in [4.69, 9.17) is 9.47 Å². The molecule has 2 rings (SSSR count). The summed E-state index contributed by atoms with van der Waals surface area (Å²) >= 11 is 0. The van der Waals surface area contributed by atoms with Crippen molar-refractivity contribution in [1.29, 1.82) is 0 Å². The molecule has 0 saturated heterocycles. The molecule has 0 aromatic heterocycles. The van der Waals surface area contributed by atoms with Gasteiger partial charge in [-0.2, -0.15) is 0 Å². The highest BCUT2D eigenvalue weighted by molar-refractivity contribution is 5.94. The second-order valence-electron chi connectivity index (χ2n) is 5.98. The summed E-state index contributed by atoms with van der Waals surface area (Å²) in [6, 6.07) is 13.4. The highest BCUT2D eigenvalue weighted by atomic mass is 16.5. The molecule has 26 heavy (non-hydrogen) atoms. The van der Waals surface area contributed by atoms with Crippen molar-refractivity contribution in [3.8, 4) is 11.5 Å². The average molecular weight is 356 g/mol. The summed E-state index contributed by atoms with van der Waals surface area (Å²) in [5.41, 5.74) is 2.92. The molecule has 1 amide bonds. The minimum absolute atomic E-state index is 0.136. The molecule has 0 aliphatic carbocycles. The van der Waals surface area contributed by atoms with Crippen molar-refractivity contribution in [1.82, 2.24) is 10.2 Å². The fraction of sp³-hybridized carbons (Fsp3) is 0.381. The molecule has 0 aliphatic heterocycles. The predicted molar refractivity (Wildman–Crippen MR) is 104 cm³/mol. The van der Waals surface area contributed by atoms with Crippen LogP contribution in [0.25, 0.3) is 0 Å². The van der Waals surface area contributed by atoms with Gasteiger partial charge < -0.3 is 14.8 Å². The summed E-state index contributed by atoms with van der Waals surface area (Å²) in [5.74, 6) is 1.01. The smallest absolute Gasteiger partial charge is 0.251 e. The number of nitrogens with one attached hydrogen (secondary N) is 1. The molecule has 0 unspecified atom stereocenters. The van der Waals surface area contributed by atoms with Gasteiger partial charge in [0.2, 0.25) is 0 Å². The van der Waals surface area contributed by atoms with Gasteiger partial charge in [0.05, 0.1) is 14.2 Å². The van der Waals surface area contributed by atoms with Crippen LogP contribution in [0.15, 0.2) is 42.5 Å². The zero-order valence-corrected chi connectivity index (χ0v) is 16.0. The molecule has 1 N–H and O–H groups in total. The van der Waals surface area contributed by atoms with E-state index in [1.807, 2.05) is 12.1 Å². The molecule has 5 heteroatoms. The predicted octanol–water partition coefficient (Wildman–Crippen LogP) is 3.48. The Bertz CT molecular complexity index is 727. The molecule has 0 radical (unpaired) electrons. The fourth-order valence-electron chi connectivity index (χ4n) is 2.83. The summed E-state index contributed by atoms with van der Waals surface area (Å²) in [6.45, 7) is 7.70. The minimum Gasteiger partial charge on any atom is -0.493 e. The number of ether oxygens (including phenoxy) is 2. The monoisotopic (exact) mass is 356 g/mol. The van der Waals surface area contributed by atoms with Crippen LogP contribution in [0, 0.1) is 0 Å². The number of carbonyl (C=O) groups is 1. The second kappa shape index (κ2) is 9.82. The Kier molecular flexibility index (Phi) is 7.48. The van der Waals surface area contributed by atoms with Crippen molar-refractivity contribution in [2.24, 2.45) is 0 Å². The van der Waals surface area contributed by atoms with Crippen LogP contribution in [0.5, 0.6) is 11.5 Å². The van der Waals surface area contributed by atoms with Crippen LogP contribution in [0.4, 0.5) is 0 Å². The first kappa shape index (κ1) is 19.8. The first-order valence-electron chi connectivity index (χ1n) is 8.92. The van der Waals surface area contributed by atoms with Gasteiger partial charge in [-0.15, -0.1) is 0 Å². The zero-order valence-electron chi connectivity index (χ0n) is 16.0. The van der Waals surface area contributed by atoms with Crippen LogP contribution in [0.3, 0.4) is 0 Å². The van der Waals surface area contributed by atoms with E-state index in [1.165, 1.54) is 5.56 Å². The van der Waals surface area contributed by atoms with E-state index in [0.717, 1.165) is 25.2 Å². The third-order valence-electron chi connectivity index (χ3n) is 4.49. The van der Waals surface area contributed by atoms with Crippen LogP contribution in [0.1, 0.15) is 35.3 Å². The largest absolute Gasteiger partial charge is 0.493 e. The van der Waals surface area contributed by atoms with E-state index in [1.54, 1.807) is 32.4 Å². The fourth-order valence-corrected chi connectivity index (χ4v) is 2.83. The molecule has 2 aromatic carbocycles. The number of hydrogen-bond donors (Lipinski definition) is 1. The zero-order chi connectivity index (χ0) is 18.9. The lowest BCUT2D eigenvalue weighted by atomic mass is 10.1. The molecule has 0 heterocycles. The summed E-state index contributed by atoms with van der Waals surface area (Å²) in [5, 5.41) is 3.00. The lowest BCUT2D eigenvalue weighted by Crippen LogP contribution is -2.26. The molecular weight excluding hydrogens is 328 g/mol. The molecule has 0 bridgehead atoms. The van der Waals surface area contributed by atoms with Gasteiger partial charge in [-0.25, -0.2) is 0 Å². The van der Waals surface area contributed by atoms with Crippen molar-refractivity contribution in [3.05, 3.63) is 59.2 Å². The van der Waals surface area contributed by atoms with E-state index < -0.39 is 0 Å². The summed E-state index contributed by atoms with van der Waals surface area (Å²) in [6.07, 6.45) is 0. The van der Waals surface area contributed by atoms with Gasteiger partial charge in [0.1, 0.15) is 0 Å². The Balaban J connectivity index is 2.08. The second-order valence-corrected chi connectivity index (χ2v) is 5.98. The number of hydrogen-bond acceptors (Lipinski definition) is 4. The summed E-state index contributed by atoms with van der Waals surface area (Å²) < 4.78 is 10.5.